The van der Waals surface area contributed by atoms with Crippen LogP contribution in [-0.4, -0.2) is 62.0 Å². The van der Waals surface area contributed by atoms with Gasteiger partial charge < -0.3 is 15.5 Å². The number of amides is 2. The lowest BCUT2D eigenvalue weighted by molar-refractivity contribution is -0.132. The molecule has 6 nitrogen and oxygen atoms in total. The number of carbonyl (C=O) groups is 2. The van der Waals surface area contributed by atoms with E-state index >= 15 is 0 Å². The van der Waals surface area contributed by atoms with Crippen molar-refractivity contribution in [2.24, 2.45) is 23.2 Å². The second-order valence-electron chi connectivity index (χ2n) is 11.4. The van der Waals surface area contributed by atoms with Gasteiger partial charge in [-0.15, -0.1) is 0 Å². The molecule has 1 saturated heterocycles. The highest BCUT2D eigenvalue weighted by Crippen LogP contribution is 2.61. The Bertz CT molecular complexity index is 798. The lowest BCUT2D eigenvalue weighted by Crippen LogP contribution is -2.53. The van der Waals surface area contributed by atoms with Crippen molar-refractivity contribution in [3.8, 4) is 0 Å². The van der Waals surface area contributed by atoms with E-state index in [9.17, 15) is 9.59 Å². The third kappa shape index (κ3) is 5.37. The van der Waals surface area contributed by atoms with E-state index in [0.29, 0.717) is 13.0 Å². The summed E-state index contributed by atoms with van der Waals surface area (Å²) < 4.78 is 0. The van der Waals surface area contributed by atoms with E-state index in [1.165, 1.54) is 44.2 Å². The fraction of sp³-hybridized carbons (Fsp3) is 0.704. The molecule has 33 heavy (non-hydrogen) atoms. The first-order chi connectivity index (χ1) is 16.0. The highest BCUT2D eigenvalue weighted by atomic mass is 16.2. The third-order valence-electron chi connectivity index (χ3n) is 8.80. The fourth-order valence-corrected chi connectivity index (χ4v) is 7.60. The standard InChI is InChI=1S/C27H40N4O2/c1-20(30-7-9-31(10-8-30)24-5-3-2-4-6-24)18-28-26(33)19-29-25(32)17-27-14-21-11-22(15-27)13-23(12-21)16-27/h2-6,20-23H,7-19H2,1H3,(H,28,33)(H,29,32). The van der Waals surface area contributed by atoms with E-state index < -0.39 is 0 Å². The molecule has 2 amide bonds. The normalized spacial score (nSPS) is 31.9. The molecule has 0 radical (unpaired) electrons. The number of carbonyl (C=O) groups excluding carboxylic acids is 2. The van der Waals surface area contributed by atoms with Crippen LogP contribution in [0.1, 0.15) is 51.9 Å². The topological polar surface area (TPSA) is 64.7 Å². The van der Waals surface area contributed by atoms with Crippen LogP contribution in [0.5, 0.6) is 0 Å². The van der Waals surface area contributed by atoms with Gasteiger partial charge in [-0.1, -0.05) is 18.2 Å². The van der Waals surface area contributed by atoms with Crippen molar-refractivity contribution in [3.05, 3.63) is 30.3 Å². The van der Waals surface area contributed by atoms with Crippen LogP contribution >= 0.6 is 0 Å². The molecule has 1 aromatic rings. The van der Waals surface area contributed by atoms with Gasteiger partial charge in [-0.25, -0.2) is 0 Å². The molecule has 5 aliphatic rings. The van der Waals surface area contributed by atoms with E-state index in [2.05, 4.69) is 57.7 Å². The highest BCUT2D eigenvalue weighted by Gasteiger charge is 2.51. The molecule has 4 aliphatic carbocycles. The van der Waals surface area contributed by atoms with Gasteiger partial charge in [-0.2, -0.15) is 0 Å². The number of hydrogen-bond donors (Lipinski definition) is 2. The zero-order chi connectivity index (χ0) is 22.8. The van der Waals surface area contributed by atoms with Gasteiger partial charge in [0.25, 0.3) is 0 Å². The van der Waals surface area contributed by atoms with Gasteiger partial charge in [0.2, 0.25) is 11.8 Å². The Morgan fingerprint density at radius 3 is 2.12 bits per heavy atom. The smallest absolute Gasteiger partial charge is 0.239 e. The van der Waals surface area contributed by atoms with Gasteiger partial charge >= 0.3 is 0 Å². The predicted molar refractivity (Wildman–Crippen MR) is 131 cm³/mol. The number of nitrogens with one attached hydrogen (secondary N) is 2. The molecule has 1 aliphatic heterocycles. The number of nitrogens with zero attached hydrogens (tertiary/aromatic N) is 2. The maximum Gasteiger partial charge on any atom is 0.239 e. The predicted octanol–water partition coefficient (Wildman–Crippen LogP) is 3.04. The summed E-state index contributed by atoms with van der Waals surface area (Å²) in [6, 6.07) is 10.8. The van der Waals surface area contributed by atoms with Gasteiger partial charge in [0, 0.05) is 50.9 Å². The minimum atomic E-state index is -0.0800. The minimum Gasteiger partial charge on any atom is -0.369 e. The zero-order valence-corrected chi connectivity index (χ0v) is 20.1. The summed E-state index contributed by atoms with van der Waals surface area (Å²) in [5.74, 6) is 2.54. The monoisotopic (exact) mass is 452 g/mol. The molecule has 1 atom stereocenters. The molecule has 1 unspecified atom stereocenters. The maximum atomic E-state index is 12.7. The maximum absolute atomic E-state index is 12.7. The van der Waals surface area contributed by atoms with Crippen molar-refractivity contribution < 1.29 is 9.59 Å². The second kappa shape index (κ2) is 9.65. The van der Waals surface area contributed by atoms with Crippen molar-refractivity contribution in [3.63, 3.8) is 0 Å². The average Bonchev–Trinajstić information content (AvgIpc) is 2.81. The Labute approximate surface area is 198 Å². The Balaban J connectivity index is 0.997. The van der Waals surface area contributed by atoms with Crippen LogP contribution in [0.2, 0.25) is 0 Å². The van der Waals surface area contributed by atoms with Crippen molar-refractivity contribution in [2.45, 2.75) is 57.9 Å². The third-order valence-corrected chi connectivity index (χ3v) is 8.80. The lowest BCUT2D eigenvalue weighted by atomic mass is 9.49. The summed E-state index contributed by atoms with van der Waals surface area (Å²) >= 11 is 0. The molecule has 6 heteroatoms. The van der Waals surface area contributed by atoms with Crippen LogP contribution in [0.25, 0.3) is 0 Å². The molecule has 5 fully saturated rings. The van der Waals surface area contributed by atoms with Gasteiger partial charge in [0.1, 0.15) is 0 Å². The fourth-order valence-electron chi connectivity index (χ4n) is 7.60. The molecule has 6 rings (SSSR count). The molecule has 2 N–H and O–H groups in total. The van der Waals surface area contributed by atoms with E-state index in [-0.39, 0.29) is 29.8 Å². The molecule has 1 aromatic carbocycles. The zero-order valence-electron chi connectivity index (χ0n) is 20.1. The minimum absolute atomic E-state index is 0.0668. The van der Waals surface area contributed by atoms with E-state index in [1.807, 2.05) is 0 Å². The molecule has 4 bridgehead atoms. The first kappa shape index (κ1) is 22.7. The van der Waals surface area contributed by atoms with Crippen LogP contribution < -0.4 is 15.5 Å². The van der Waals surface area contributed by atoms with Crippen molar-refractivity contribution in [1.29, 1.82) is 0 Å². The summed E-state index contributed by atoms with van der Waals surface area (Å²) in [5.41, 5.74) is 1.51. The molecule has 180 valence electrons. The molecule has 4 saturated carbocycles. The quantitative estimate of drug-likeness (QED) is 0.636. The summed E-state index contributed by atoms with van der Waals surface area (Å²) in [7, 11) is 0. The molecular formula is C27H40N4O2. The van der Waals surface area contributed by atoms with Crippen LogP contribution in [-0.2, 0) is 9.59 Å². The van der Waals surface area contributed by atoms with Crippen molar-refractivity contribution in [2.75, 3.05) is 44.2 Å². The Morgan fingerprint density at radius 1 is 0.909 bits per heavy atom. The average molecular weight is 453 g/mol. The SMILES string of the molecule is CC(CNC(=O)CNC(=O)CC12CC3CC(CC(C3)C1)C2)N1CCN(c2ccccc2)CC1. The molecule has 1 heterocycles. The van der Waals surface area contributed by atoms with Gasteiger partial charge in [0.15, 0.2) is 0 Å². The van der Waals surface area contributed by atoms with Gasteiger partial charge in [-0.3, -0.25) is 14.5 Å². The Hall–Kier alpha value is -2.08. The number of anilines is 1. The first-order valence-electron chi connectivity index (χ1n) is 13.1. The van der Waals surface area contributed by atoms with Crippen LogP contribution in [0.4, 0.5) is 5.69 Å². The number of rotatable bonds is 8. The lowest BCUT2D eigenvalue weighted by Gasteiger charge is -2.56. The first-order valence-corrected chi connectivity index (χ1v) is 13.1. The summed E-state index contributed by atoms with van der Waals surface area (Å²) in [5, 5.41) is 5.94. The summed E-state index contributed by atoms with van der Waals surface area (Å²) in [6.45, 7) is 6.88. The van der Waals surface area contributed by atoms with Crippen molar-refractivity contribution in [1.82, 2.24) is 15.5 Å². The van der Waals surface area contributed by atoms with Crippen molar-refractivity contribution >= 4 is 17.5 Å². The van der Waals surface area contributed by atoms with E-state index in [4.69, 9.17) is 0 Å². The molecule has 0 aromatic heterocycles. The van der Waals surface area contributed by atoms with E-state index in [0.717, 1.165) is 43.9 Å². The molecule has 0 spiro atoms. The number of piperazine rings is 1. The van der Waals surface area contributed by atoms with Crippen LogP contribution in [0, 0.1) is 23.2 Å². The second-order valence-corrected chi connectivity index (χ2v) is 11.4. The van der Waals surface area contributed by atoms with Gasteiger partial charge in [0.05, 0.1) is 6.54 Å². The van der Waals surface area contributed by atoms with E-state index in [1.54, 1.807) is 0 Å². The Morgan fingerprint density at radius 2 is 1.52 bits per heavy atom. The highest BCUT2D eigenvalue weighted by molar-refractivity contribution is 5.85. The van der Waals surface area contributed by atoms with Gasteiger partial charge in [-0.05, 0) is 80.8 Å². The Kier molecular flexibility index (Phi) is 6.64. The largest absolute Gasteiger partial charge is 0.369 e. The number of benzene rings is 1. The summed E-state index contributed by atoms with van der Waals surface area (Å²) in [6.07, 6.45) is 8.48. The number of hydrogen-bond acceptors (Lipinski definition) is 4. The molecular weight excluding hydrogens is 412 g/mol. The van der Waals surface area contributed by atoms with Crippen LogP contribution in [0.15, 0.2) is 30.3 Å². The van der Waals surface area contributed by atoms with Crippen LogP contribution in [0.3, 0.4) is 0 Å². The number of para-hydroxylation sites is 1. The summed E-state index contributed by atoms with van der Waals surface area (Å²) in [4.78, 5) is 29.9.